The maximum absolute atomic E-state index is 6.01. The van der Waals surface area contributed by atoms with E-state index in [2.05, 4.69) is 36.5 Å². The standard InChI is InChI=1S/C17H18ClN/c1-12-5-6-14-7-8-17(16(14)9-12)19-11-13-3-2-4-15(18)10-13/h2-6,9-10,17,19H,7-8,11H2,1H3. The van der Waals surface area contributed by atoms with Crippen molar-refractivity contribution in [3.63, 3.8) is 0 Å². The Morgan fingerprint density at radius 3 is 2.95 bits per heavy atom. The van der Waals surface area contributed by atoms with E-state index in [9.17, 15) is 0 Å². The monoisotopic (exact) mass is 271 g/mol. The van der Waals surface area contributed by atoms with Crippen LogP contribution in [0.2, 0.25) is 5.02 Å². The number of halogens is 1. The molecule has 3 rings (SSSR count). The van der Waals surface area contributed by atoms with Gasteiger partial charge in [0, 0.05) is 17.6 Å². The van der Waals surface area contributed by atoms with E-state index in [0.29, 0.717) is 6.04 Å². The third kappa shape index (κ3) is 2.83. The maximum Gasteiger partial charge on any atom is 0.0409 e. The Hall–Kier alpha value is -1.31. The maximum atomic E-state index is 6.01. The zero-order chi connectivity index (χ0) is 13.2. The lowest BCUT2D eigenvalue weighted by Crippen LogP contribution is -2.18. The summed E-state index contributed by atoms with van der Waals surface area (Å²) in [6.07, 6.45) is 2.38. The molecule has 0 fully saturated rings. The van der Waals surface area contributed by atoms with E-state index in [-0.39, 0.29) is 0 Å². The van der Waals surface area contributed by atoms with Gasteiger partial charge in [-0.2, -0.15) is 0 Å². The molecule has 98 valence electrons. The summed E-state index contributed by atoms with van der Waals surface area (Å²) < 4.78 is 0. The average Bonchev–Trinajstić information content (AvgIpc) is 2.79. The van der Waals surface area contributed by atoms with Crippen LogP contribution < -0.4 is 5.32 Å². The second kappa shape index (κ2) is 5.36. The molecule has 0 amide bonds. The molecule has 0 heterocycles. The molecule has 1 N–H and O–H groups in total. The molecule has 2 aromatic rings. The molecule has 0 aromatic heterocycles. The van der Waals surface area contributed by atoms with Crippen molar-refractivity contribution in [2.24, 2.45) is 0 Å². The number of aryl methyl sites for hydroxylation is 2. The van der Waals surface area contributed by atoms with Crippen LogP contribution in [0.4, 0.5) is 0 Å². The lowest BCUT2D eigenvalue weighted by Gasteiger charge is -2.14. The van der Waals surface area contributed by atoms with E-state index in [1.165, 1.54) is 35.1 Å². The Morgan fingerprint density at radius 1 is 1.21 bits per heavy atom. The van der Waals surface area contributed by atoms with Gasteiger partial charge in [0.25, 0.3) is 0 Å². The summed E-state index contributed by atoms with van der Waals surface area (Å²) in [5, 5.41) is 4.46. The van der Waals surface area contributed by atoms with Crippen molar-refractivity contribution in [3.8, 4) is 0 Å². The Morgan fingerprint density at radius 2 is 2.11 bits per heavy atom. The van der Waals surface area contributed by atoms with Crippen molar-refractivity contribution in [2.75, 3.05) is 0 Å². The van der Waals surface area contributed by atoms with Gasteiger partial charge < -0.3 is 5.32 Å². The predicted octanol–water partition coefficient (Wildman–Crippen LogP) is 4.43. The van der Waals surface area contributed by atoms with Gasteiger partial charge in [-0.1, -0.05) is 47.5 Å². The first-order chi connectivity index (χ1) is 9.22. The van der Waals surface area contributed by atoms with Gasteiger partial charge in [-0.3, -0.25) is 0 Å². The minimum Gasteiger partial charge on any atom is -0.306 e. The molecule has 1 atom stereocenters. The zero-order valence-corrected chi connectivity index (χ0v) is 11.9. The summed E-state index contributed by atoms with van der Waals surface area (Å²) >= 11 is 6.01. The first-order valence-electron chi connectivity index (χ1n) is 6.79. The molecule has 1 aliphatic carbocycles. The summed E-state index contributed by atoms with van der Waals surface area (Å²) in [5.74, 6) is 0. The van der Waals surface area contributed by atoms with E-state index < -0.39 is 0 Å². The van der Waals surface area contributed by atoms with E-state index in [0.717, 1.165) is 11.6 Å². The number of rotatable bonds is 3. The summed E-state index contributed by atoms with van der Waals surface area (Å²) in [6, 6.07) is 15.3. The Kier molecular flexibility index (Phi) is 3.58. The summed E-state index contributed by atoms with van der Waals surface area (Å²) in [5.41, 5.74) is 5.56. The van der Waals surface area contributed by atoms with Crippen molar-refractivity contribution in [3.05, 3.63) is 69.7 Å². The van der Waals surface area contributed by atoms with Gasteiger partial charge in [0.2, 0.25) is 0 Å². The van der Waals surface area contributed by atoms with Crippen LogP contribution >= 0.6 is 11.6 Å². The van der Waals surface area contributed by atoms with Gasteiger partial charge in [0.1, 0.15) is 0 Å². The highest BCUT2D eigenvalue weighted by molar-refractivity contribution is 6.30. The number of hydrogen-bond donors (Lipinski definition) is 1. The smallest absolute Gasteiger partial charge is 0.0409 e. The highest BCUT2D eigenvalue weighted by atomic mass is 35.5. The summed E-state index contributed by atoms with van der Waals surface area (Å²) in [4.78, 5) is 0. The van der Waals surface area contributed by atoms with Crippen molar-refractivity contribution in [1.29, 1.82) is 0 Å². The van der Waals surface area contributed by atoms with Gasteiger partial charge >= 0.3 is 0 Å². The van der Waals surface area contributed by atoms with Crippen LogP contribution in [-0.2, 0) is 13.0 Å². The van der Waals surface area contributed by atoms with Gasteiger partial charge in [0.15, 0.2) is 0 Å². The SMILES string of the molecule is Cc1ccc2c(c1)C(NCc1cccc(Cl)c1)CC2. The molecule has 0 saturated carbocycles. The van der Waals surface area contributed by atoms with Crippen molar-refractivity contribution >= 4 is 11.6 Å². The fraction of sp³-hybridized carbons (Fsp3) is 0.294. The highest BCUT2D eigenvalue weighted by Crippen LogP contribution is 2.32. The second-order valence-corrected chi connectivity index (χ2v) is 5.74. The van der Waals surface area contributed by atoms with Crippen molar-refractivity contribution < 1.29 is 0 Å². The van der Waals surface area contributed by atoms with Crippen LogP contribution in [0.15, 0.2) is 42.5 Å². The van der Waals surface area contributed by atoms with Crippen molar-refractivity contribution in [1.82, 2.24) is 5.32 Å². The molecule has 1 nitrogen and oxygen atoms in total. The molecule has 0 bridgehead atoms. The Labute approximate surface area is 119 Å². The molecular formula is C17H18ClN. The van der Waals surface area contributed by atoms with Gasteiger partial charge in [-0.15, -0.1) is 0 Å². The lowest BCUT2D eigenvalue weighted by atomic mass is 10.0. The molecule has 2 heteroatoms. The number of hydrogen-bond acceptors (Lipinski definition) is 1. The molecule has 19 heavy (non-hydrogen) atoms. The normalized spacial score (nSPS) is 17.5. The fourth-order valence-corrected chi connectivity index (χ4v) is 3.03. The number of nitrogens with one attached hydrogen (secondary N) is 1. The van der Waals surface area contributed by atoms with E-state index in [4.69, 9.17) is 11.6 Å². The molecule has 2 aromatic carbocycles. The largest absolute Gasteiger partial charge is 0.306 e. The van der Waals surface area contributed by atoms with Gasteiger partial charge in [-0.05, 0) is 48.6 Å². The molecule has 0 radical (unpaired) electrons. The summed E-state index contributed by atoms with van der Waals surface area (Å²) in [7, 11) is 0. The van der Waals surface area contributed by atoms with Crippen LogP contribution in [0.5, 0.6) is 0 Å². The summed E-state index contributed by atoms with van der Waals surface area (Å²) in [6.45, 7) is 3.03. The number of benzene rings is 2. The van der Waals surface area contributed by atoms with E-state index in [1.54, 1.807) is 0 Å². The zero-order valence-electron chi connectivity index (χ0n) is 11.1. The van der Waals surface area contributed by atoms with Crippen LogP contribution in [0, 0.1) is 6.92 Å². The minimum absolute atomic E-state index is 0.480. The molecule has 0 aliphatic heterocycles. The van der Waals surface area contributed by atoms with Crippen LogP contribution in [0.3, 0.4) is 0 Å². The quantitative estimate of drug-likeness (QED) is 0.871. The lowest BCUT2D eigenvalue weighted by molar-refractivity contribution is 0.530. The Bertz CT molecular complexity index is 592. The third-order valence-electron chi connectivity index (χ3n) is 3.82. The van der Waals surface area contributed by atoms with Gasteiger partial charge in [-0.25, -0.2) is 0 Å². The Balaban J connectivity index is 1.71. The first-order valence-corrected chi connectivity index (χ1v) is 7.17. The molecular weight excluding hydrogens is 254 g/mol. The highest BCUT2D eigenvalue weighted by Gasteiger charge is 2.21. The van der Waals surface area contributed by atoms with Crippen molar-refractivity contribution in [2.45, 2.75) is 32.4 Å². The topological polar surface area (TPSA) is 12.0 Å². The van der Waals surface area contributed by atoms with Crippen LogP contribution in [0.25, 0.3) is 0 Å². The van der Waals surface area contributed by atoms with E-state index >= 15 is 0 Å². The van der Waals surface area contributed by atoms with Crippen LogP contribution in [-0.4, -0.2) is 0 Å². The third-order valence-corrected chi connectivity index (χ3v) is 4.06. The first kappa shape index (κ1) is 12.7. The fourth-order valence-electron chi connectivity index (χ4n) is 2.82. The van der Waals surface area contributed by atoms with E-state index in [1.807, 2.05) is 18.2 Å². The van der Waals surface area contributed by atoms with Crippen LogP contribution in [0.1, 0.15) is 34.7 Å². The predicted molar refractivity (Wildman–Crippen MR) is 80.5 cm³/mol. The molecule has 0 saturated heterocycles. The number of fused-ring (bicyclic) bond motifs is 1. The molecule has 0 spiro atoms. The van der Waals surface area contributed by atoms with Gasteiger partial charge in [0.05, 0.1) is 0 Å². The minimum atomic E-state index is 0.480. The molecule has 1 unspecified atom stereocenters. The second-order valence-electron chi connectivity index (χ2n) is 5.30. The average molecular weight is 272 g/mol. The molecule has 1 aliphatic rings.